The zero-order valence-corrected chi connectivity index (χ0v) is 11.1. The maximum atomic E-state index is 11.9. The number of nitrogens with one attached hydrogen (secondary N) is 1. The number of hydrogen-bond donors (Lipinski definition) is 1. The topological polar surface area (TPSA) is 62.3 Å². The van der Waals surface area contributed by atoms with Crippen molar-refractivity contribution in [3.8, 4) is 0 Å². The van der Waals surface area contributed by atoms with Crippen LogP contribution in [0.5, 0.6) is 0 Å². The summed E-state index contributed by atoms with van der Waals surface area (Å²) in [5, 5.41) is 2.49. The van der Waals surface area contributed by atoms with Gasteiger partial charge in [0.05, 0.1) is 0 Å². The van der Waals surface area contributed by atoms with Crippen molar-refractivity contribution in [3.63, 3.8) is 0 Å². The number of carbonyl (C=O) groups is 2. The monoisotopic (exact) mass is 261 g/mol. The van der Waals surface area contributed by atoms with Gasteiger partial charge in [-0.15, -0.1) is 6.58 Å². The summed E-state index contributed by atoms with van der Waals surface area (Å²) in [6.07, 6.45) is 5.67. The van der Waals surface area contributed by atoms with E-state index in [2.05, 4.69) is 16.9 Å². The fourth-order valence-corrected chi connectivity index (χ4v) is 1.60. The van der Waals surface area contributed by atoms with Gasteiger partial charge in [-0.25, -0.2) is 0 Å². The molecule has 0 saturated carbocycles. The van der Waals surface area contributed by atoms with Crippen molar-refractivity contribution in [1.82, 2.24) is 15.2 Å². The fourth-order valence-electron chi connectivity index (χ4n) is 1.60. The average Bonchev–Trinajstić information content (AvgIpc) is 2.46. The molecule has 0 atom stereocenters. The summed E-state index contributed by atoms with van der Waals surface area (Å²) in [4.78, 5) is 28.9. The maximum Gasteiger partial charge on any atom is 0.311 e. The lowest BCUT2D eigenvalue weighted by molar-refractivity contribution is -0.145. The van der Waals surface area contributed by atoms with Gasteiger partial charge in [0.1, 0.15) is 0 Å². The number of likely N-dealkylation sites (N-methyl/N-ethyl adjacent to an activating group) is 1. The van der Waals surface area contributed by atoms with E-state index in [9.17, 15) is 9.59 Å². The molecule has 0 fully saturated rings. The number of rotatable bonds is 6. The molecule has 5 heteroatoms. The van der Waals surface area contributed by atoms with E-state index in [1.54, 1.807) is 18.5 Å². The Morgan fingerprint density at radius 2 is 2.11 bits per heavy atom. The quantitative estimate of drug-likeness (QED) is 0.608. The molecule has 0 radical (unpaired) electrons. The van der Waals surface area contributed by atoms with Crippen LogP contribution in [0.25, 0.3) is 0 Å². The lowest BCUT2D eigenvalue weighted by Gasteiger charge is -2.20. The number of hydrogen-bond acceptors (Lipinski definition) is 3. The van der Waals surface area contributed by atoms with Crippen LogP contribution in [0.2, 0.25) is 0 Å². The van der Waals surface area contributed by atoms with Crippen molar-refractivity contribution in [2.75, 3.05) is 19.6 Å². The molecule has 1 N–H and O–H groups in total. The Morgan fingerprint density at radius 1 is 1.42 bits per heavy atom. The van der Waals surface area contributed by atoms with E-state index < -0.39 is 11.8 Å². The summed E-state index contributed by atoms with van der Waals surface area (Å²) < 4.78 is 0. The first-order chi connectivity index (χ1) is 9.19. The maximum absolute atomic E-state index is 11.9. The normalized spacial score (nSPS) is 9.74. The van der Waals surface area contributed by atoms with Crippen molar-refractivity contribution in [2.45, 2.75) is 13.3 Å². The summed E-state index contributed by atoms with van der Waals surface area (Å²) >= 11 is 0. The van der Waals surface area contributed by atoms with E-state index in [1.165, 1.54) is 4.90 Å². The van der Waals surface area contributed by atoms with Gasteiger partial charge in [0.25, 0.3) is 0 Å². The van der Waals surface area contributed by atoms with Gasteiger partial charge >= 0.3 is 11.8 Å². The highest BCUT2D eigenvalue weighted by Crippen LogP contribution is 2.00. The predicted octanol–water partition coefficient (Wildman–Crippen LogP) is 0.775. The molecule has 1 aromatic rings. The molecule has 0 unspecified atom stereocenters. The average molecular weight is 261 g/mol. The number of amides is 2. The lowest BCUT2D eigenvalue weighted by Crippen LogP contribution is -2.43. The lowest BCUT2D eigenvalue weighted by atomic mass is 10.2. The molecule has 5 nitrogen and oxygen atoms in total. The van der Waals surface area contributed by atoms with Crippen LogP contribution >= 0.6 is 0 Å². The number of aromatic nitrogens is 1. The molecule has 1 heterocycles. The van der Waals surface area contributed by atoms with Crippen LogP contribution in [0.4, 0.5) is 0 Å². The predicted molar refractivity (Wildman–Crippen MR) is 73.4 cm³/mol. The summed E-state index contributed by atoms with van der Waals surface area (Å²) in [6.45, 7) is 6.66. The Kier molecular flexibility index (Phi) is 6.29. The smallest absolute Gasteiger partial charge is 0.311 e. The van der Waals surface area contributed by atoms with Crippen molar-refractivity contribution in [1.29, 1.82) is 0 Å². The molecule has 1 rings (SSSR count). The molecule has 102 valence electrons. The second kappa shape index (κ2) is 8.02. The first kappa shape index (κ1) is 14.9. The third kappa shape index (κ3) is 4.91. The Bertz CT molecular complexity index is 432. The highest BCUT2D eigenvalue weighted by molar-refractivity contribution is 6.35. The van der Waals surface area contributed by atoms with E-state index >= 15 is 0 Å². The van der Waals surface area contributed by atoms with Crippen LogP contribution < -0.4 is 5.32 Å². The standard InChI is InChI=1S/C14H19N3O2/c1-3-8-16-13(18)14(19)17(4-2)11-7-12-5-9-15-10-6-12/h3,5-6,9-10H,1,4,7-8,11H2,2H3,(H,16,18). The molecular formula is C14H19N3O2. The van der Waals surface area contributed by atoms with Crippen molar-refractivity contribution in [3.05, 3.63) is 42.7 Å². The van der Waals surface area contributed by atoms with Crippen LogP contribution in [0.3, 0.4) is 0 Å². The SMILES string of the molecule is C=CCNC(=O)C(=O)N(CC)CCc1ccncc1. The van der Waals surface area contributed by atoms with Gasteiger partial charge < -0.3 is 10.2 Å². The van der Waals surface area contributed by atoms with E-state index in [1.807, 2.05) is 19.1 Å². The number of pyridine rings is 1. The highest BCUT2D eigenvalue weighted by Gasteiger charge is 2.19. The van der Waals surface area contributed by atoms with Gasteiger partial charge in [0.2, 0.25) is 0 Å². The third-order valence-electron chi connectivity index (χ3n) is 2.69. The van der Waals surface area contributed by atoms with Crippen molar-refractivity contribution >= 4 is 11.8 Å². The van der Waals surface area contributed by atoms with Gasteiger partial charge in [-0.1, -0.05) is 6.08 Å². The van der Waals surface area contributed by atoms with E-state index in [0.29, 0.717) is 26.1 Å². The van der Waals surface area contributed by atoms with Gasteiger partial charge in [-0.2, -0.15) is 0 Å². The second-order valence-corrected chi connectivity index (χ2v) is 3.99. The van der Waals surface area contributed by atoms with Crippen molar-refractivity contribution in [2.24, 2.45) is 0 Å². The molecule has 0 aliphatic carbocycles. The van der Waals surface area contributed by atoms with E-state index in [4.69, 9.17) is 0 Å². The molecule has 2 amide bonds. The fraction of sp³-hybridized carbons (Fsp3) is 0.357. The minimum Gasteiger partial charge on any atom is -0.344 e. The first-order valence-corrected chi connectivity index (χ1v) is 6.26. The van der Waals surface area contributed by atoms with Crippen LogP contribution in [-0.4, -0.2) is 41.3 Å². The molecule has 0 spiro atoms. The Balaban J connectivity index is 2.50. The Labute approximate surface area is 113 Å². The summed E-state index contributed by atoms with van der Waals surface area (Å²) in [7, 11) is 0. The van der Waals surface area contributed by atoms with Crippen molar-refractivity contribution < 1.29 is 9.59 Å². The van der Waals surface area contributed by atoms with Crippen LogP contribution in [0.15, 0.2) is 37.2 Å². The minimum absolute atomic E-state index is 0.298. The molecular weight excluding hydrogens is 242 g/mol. The first-order valence-electron chi connectivity index (χ1n) is 6.26. The Morgan fingerprint density at radius 3 is 2.68 bits per heavy atom. The zero-order valence-electron chi connectivity index (χ0n) is 11.1. The molecule has 1 aromatic heterocycles. The summed E-state index contributed by atoms with van der Waals surface area (Å²) in [5.74, 6) is -1.09. The third-order valence-corrected chi connectivity index (χ3v) is 2.69. The minimum atomic E-state index is -0.587. The molecule has 0 bridgehead atoms. The van der Waals surface area contributed by atoms with Gasteiger partial charge in [0.15, 0.2) is 0 Å². The van der Waals surface area contributed by atoms with E-state index in [-0.39, 0.29) is 0 Å². The highest BCUT2D eigenvalue weighted by atomic mass is 16.2. The second-order valence-electron chi connectivity index (χ2n) is 3.99. The largest absolute Gasteiger partial charge is 0.344 e. The molecule has 0 aromatic carbocycles. The Hall–Kier alpha value is -2.17. The molecule has 19 heavy (non-hydrogen) atoms. The van der Waals surface area contributed by atoms with Crippen LogP contribution in [0, 0.1) is 0 Å². The summed E-state index contributed by atoms with van der Waals surface area (Å²) in [5.41, 5.74) is 1.09. The van der Waals surface area contributed by atoms with Crippen LogP contribution in [0.1, 0.15) is 12.5 Å². The molecule has 0 aliphatic rings. The van der Waals surface area contributed by atoms with Gasteiger partial charge in [-0.05, 0) is 31.0 Å². The zero-order chi connectivity index (χ0) is 14.1. The van der Waals surface area contributed by atoms with Gasteiger partial charge in [-0.3, -0.25) is 14.6 Å². The number of nitrogens with zero attached hydrogens (tertiary/aromatic N) is 2. The number of carbonyl (C=O) groups excluding carboxylic acids is 2. The summed E-state index contributed by atoms with van der Waals surface area (Å²) in [6, 6.07) is 3.80. The molecule has 0 aliphatic heterocycles. The van der Waals surface area contributed by atoms with E-state index in [0.717, 1.165) is 5.56 Å². The van der Waals surface area contributed by atoms with Crippen LogP contribution in [-0.2, 0) is 16.0 Å². The van der Waals surface area contributed by atoms with Gasteiger partial charge in [0, 0.05) is 32.0 Å². The molecule has 0 saturated heterocycles.